The number of halogens is 2. The number of carbonyl (C=O) groups is 1. The minimum atomic E-state index is -0.291. The van der Waals surface area contributed by atoms with Crippen LogP contribution >= 0.6 is 34.2 Å². The highest BCUT2D eigenvalue weighted by atomic mass is 127. The highest BCUT2D eigenvalue weighted by Crippen LogP contribution is 2.36. The minimum Gasteiger partial charge on any atom is -0.493 e. The first-order valence-electron chi connectivity index (χ1n) is 8.70. The van der Waals surface area contributed by atoms with Gasteiger partial charge in [-0.25, -0.2) is 5.43 Å². The lowest BCUT2D eigenvalue weighted by molar-refractivity contribution is 0.0955. The van der Waals surface area contributed by atoms with Gasteiger partial charge < -0.3 is 9.47 Å². The van der Waals surface area contributed by atoms with E-state index in [1.807, 2.05) is 42.5 Å². The van der Waals surface area contributed by atoms with E-state index in [9.17, 15) is 4.79 Å². The molecule has 7 heteroatoms. The monoisotopic (exact) mass is 520 g/mol. The van der Waals surface area contributed by atoms with Crippen molar-refractivity contribution in [2.24, 2.45) is 5.10 Å². The maximum absolute atomic E-state index is 12.2. The van der Waals surface area contributed by atoms with Gasteiger partial charge in [0.2, 0.25) is 0 Å². The molecule has 5 nitrogen and oxygen atoms in total. The van der Waals surface area contributed by atoms with Gasteiger partial charge in [-0.1, -0.05) is 48.0 Å². The smallest absolute Gasteiger partial charge is 0.271 e. The van der Waals surface area contributed by atoms with E-state index in [2.05, 4.69) is 33.1 Å². The van der Waals surface area contributed by atoms with E-state index in [0.717, 1.165) is 9.13 Å². The van der Waals surface area contributed by atoms with E-state index < -0.39 is 0 Å². The van der Waals surface area contributed by atoms with Crippen LogP contribution < -0.4 is 14.9 Å². The minimum absolute atomic E-state index is 0.291. The van der Waals surface area contributed by atoms with Gasteiger partial charge in [-0.2, -0.15) is 5.10 Å². The molecule has 0 aliphatic heterocycles. The van der Waals surface area contributed by atoms with Gasteiger partial charge in [-0.15, -0.1) is 0 Å². The van der Waals surface area contributed by atoms with Gasteiger partial charge in [0.15, 0.2) is 11.5 Å². The molecule has 0 spiro atoms. The molecule has 0 aromatic heterocycles. The summed E-state index contributed by atoms with van der Waals surface area (Å²) < 4.78 is 12.2. The van der Waals surface area contributed by atoms with E-state index in [4.69, 9.17) is 21.1 Å². The van der Waals surface area contributed by atoms with Gasteiger partial charge >= 0.3 is 0 Å². The number of ether oxygens (including phenoxy) is 2. The van der Waals surface area contributed by atoms with Crippen molar-refractivity contribution in [3.63, 3.8) is 0 Å². The first kappa shape index (κ1) is 21.1. The van der Waals surface area contributed by atoms with Crippen molar-refractivity contribution >= 4 is 46.3 Å². The summed E-state index contributed by atoms with van der Waals surface area (Å²) in [7, 11) is 1.54. The maximum Gasteiger partial charge on any atom is 0.271 e. The summed E-state index contributed by atoms with van der Waals surface area (Å²) in [5, 5.41) is 4.40. The lowest BCUT2D eigenvalue weighted by Crippen LogP contribution is -2.17. The number of hydrazone groups is 1. The van der Waals surface area contributed by atoms with Crippen LogP contribution in [-0.2, 0) is 6.61 Å². The molecule has 0 saturated carbocycles. The molecule has 1 N–H and O–H groups in total. The topological polar surface area (TPSA) is 59.9 Å². The molecule has 3 rings (SSSR count). The number of nitrogens with zero attached hydrogens (tertiary/aromatic N) is 1. The molecule has 3 aromatic rings. The van der Waals surface area contributed by atoms with Crippen LogP contribution in [0.15, 0.2) is 71.8 Å². The summed E-state index contributed by atoms with van der Waals surface area (Å²) in [5.74, 6) is 0.650. The summed E-state index contributed by atoms with van der Waals surface area (Å²) in [6.45, 7) is 0.371. The van der Waals surface area contributed by atoms with Crippen molar-refractivity contribution in [2.45, 2.75) is 6.61 Å². The number of amides is 1. The predicted molar refractivity (Wildman–Crippen MR) is 123 cm³/mol. The Morgan fingerprint density at radius 2 is 1.93 bits per heavy atom. The van der Waals surface area contributed by atoms with E-state index in [1.165, 1.54) is 6.21 Å². The second kappa shape index (κ2) is 10.3. The van der Waals surface area contributed by atoms with Crippen LogP contribution in [0.3, 0.4) is 0 Å². The fourth-order valence-electron chi connectivity index (χ4n) is 2.54. The Labute approximate surface area is 187 Å². The molecule has 0 aliphatic carbocycles. The average Bonchev–Trinajstić information content (AvgIpc) is 2.73. The quantitative estimate of drug-likeness (QED) is 0.261. The third-order valence-corrected chi connectivity index (χ3v) is 4.90. The van der Waals surface area contributed by atoms with Crippen LogP contribution in [0.25, 0.3) is 0 Å². The van der Waals surface area contributed by atoms with Crippen LogP contribution in [0.1, 0.15) is 21.5 Å². The molecule has 0 aliphatic rings. The Hall–Kier alpha value is -2.58. The standard InChI is InChI=1S/C22H18ClIN2O3/c1-28-20-11-16(13-25-26-22(27)17-8-5-9-18(24)12-17)10-19(23)21(20)29-14-15-6-3-2-4-7-15/h2-13H,14H2,1H3,(H,26,27)/b25-13-. The van der Waals surface area contributed by atoms with Gasteiger partial charge in [0.1, 0.15) is 6.61 Å². The predicted octanol–water partition coefficient (Wildman–Crippen LogP) is 5.30. The zero-order valence-electron chi connectivity index (χ0n) is 15.6. The molecule has 0 unspecified atom stereocenters. The summed E-state index contributed by atoms with van der Waals surface area (Å²) in [6, 6.07) is 20.5. The Morgan fingerprint density at radius 3 is 2.66 bits per heavy atom. The number of benzene rings is 3. The number of carbonyl (C=O) groups excluding carboxylic acids is 1. The second-order valence-corrected chi connectivity index (χ2v) is 7.67. The Balaban J connectivity index is 1.69. The van der Waals surface area contributed by atoms with E-state index >= 15 is 0 Å². The van der Waals surface area contributed by atoms with Gasteiger partial charge in [0.25, 0.3) is 5.91 Å². The normalized spacial score (nSPS) is 10.7. The highest BCUT2D eigenvalue weighted by molar-refractivity contribution is 14.1. The summed E-state index contributed by atoms with van der Waals surface area (Å²) >= 11 is 8.53. The van der Waals surface area contributed by atoms with Gasteiger partial charge in [-0.3, -0.25) is 4.79 Å². The van der Waals surface area contributed by atoms with Crippen LogP contribution in [-0.4, -0.2) is 19.2 Å². The van der Waals surface area contributed by atoms with Gasteiger partial charge in [-0.05, 0) is 64.0 Å². The van der Waals surface area contributed by atoms with E-state index in [-0.39, 0.29) is 5.91 Å². The maximum atomic E-state index is 12.2. The molecule has 0 atom stereocenters. The molecular weight excluding hydrogens is 503 g/mol. The molecule has 0 heterocycles. The van der Waals surface area contributed by atoms with Gasteiger partial charge in [0.05, 0.1) is 18.3 Å². The third kappa shape index (κ3) is 5.95. The third-order valence-electron chi connectivity index (χ3n) is 3.94. The Morgan fingerprint density at radius 1 is 1.14 bits per heavy atom. The SMILES string of the molecule is COc1cc(/C=N\NC(=O)c2cccc(I)c2)cc(Cl)c1OCc1ccccc1. The van der Waals surface area contributed by atoms with E-state index in [0.29, 0.717) is 34.3 Å². The van der Waals surface area contributed by atoms with Crippen molar-refractivity contribution < 1.29 is 14.3 Å². The molecule has 1 amide bonds. The number of hydrogen-bond donors (Lipinski definition) is 1. The average molecular weight is 521 g/mol. The first-order chi connectivity index (χ1) is 14.1. The fourth-order valence-corrected chi connectivity index (χ4v) is 3.36. The zero-order chi connectivity index (χ0) is 20.6. The molecule has 0 radical (unpaired) electrons. The van der Waals surface area contributed by atoms with Crippen molar-refractivity contribution in [3.8, 4) is 11.5 Å². The van der Waals surface area contributed by atoms with Crippen molar-refractivity contribution in [1.29, 1.82) is 0 Å². The molecule has 0 fully saturated rings. The summed E-state index contributed by atoms with van der Waals surface area (Å²) in [6.07, 6.45) is 1.50. The largest absolute Gasteiger partial charge is 0.493 e. The van der Waals surface area contributed by atoms with Crippen LogP contribution in [0.5, 0.6) is 11.5 Å². The fraction of sp³-hybridized carbons (Fsp3) is 0.0909. The summed E-state index contributed by atoms with van der Waals surface area (Å²) in [5.41, 5.74) is 4.73. The number of methoxy groups -OCH3 is 1. The van der Waals surface area contributed by atoms with Crippen molar-refractivity contribution in [2.75, 3.05) is 7.11 Å². The summed E-state index contributed by atoms with van der Waals surface area (Å²) in [4.78, 5) is 12.2. The Bertz CT molecular complexity index is 1030. The molecule has 29 heavy (non-hydrogen) atoms. The molecule has 148 valence electrons. The van der Waals surface area contributed by atoms with Crippen molar-refractivity contribution in [3.05, 3.63) is 92.0 Å². The van der Waals surface area contributed by atoms with Crippen LogP contribution in [0, 0.1) is 3.57 Å². The van der Waals surface area contributed by atoms with E-state index in [1.54, 1.807) is 31.4 Å². The highest BCUT2D eigenvalue weighted by Gasteiger charge is 2.12. The number of rotatable bonds is 7. The van der Waals surface area contributed by atoms with Gasteiger partial charge in [0, 0.05) is 9.13 Å². The molecular formula is C22H18ClIN2O3. The lowest BCUT2D eigenvalue weighted by Gasteiger charge is -2.13. The number of hydrogen-bond acceptors (Lipinski definition) is 4. The molecule has 3 aromatic carbocycles. The molecule has 0 saturated heterocycles. The molecule has 0 bridgehead atoms. The second-order valence-electron chi connectivity index (χ2n) is 6.02. The van der Waals surface area contributed by atoms with Crippen molar-refractivity contribution in [1.82, 2.24) is 5.43 Å². The van der Waals surface area contributed by atoms with Crippen LogP contribution in [0.4, 0.5) is 0 Å². The Kier molecular flexibility index (Phi) is 7.48. The first-order valence-corrected chi connectivity index (χ1v) is 10.2. The lowest BCUT2D eigenvalue weighted by atomic mass is 10.2. The number of nitrogens with one attached hydrogen (secondary N) is 1. The van der Waals surface area contributed by atoms with Crippen LogP contribution in [0.2, 0.25) is 5.02 Å². The zero-order valence-corrected chi connectivity index (χ0v) is 18.5.